The predicted octanol–water partition coefficient (Wildman–Crippen LogP) is -3.35. The van der Waals surface area contributed by atoms with Crippen LogP contribution in [0.4, 0.5) is 0 Å². The van der Waals surface area contributed by atoms with Gasteiger partial charge in [-0.15, -0.1) is 0 Å². The summed E-state index contributed by atoms with van der Waals surface area (Å²) in [6.45, 7) is -1.40. The topological polar surface area (TPSA) is 186 Å². The lowest BCUT2D eigenvalue weighted by molar-refractivity contribution is -0.346. The highest BCUT2D eigenvalue weighted by Gasteiger charge is 2.55. The van der Waals surface area contributed by atoms with Crippen molar-refractivity contribution in [3.8, 4) is 0 Å². The van der Waals surface area contributed by atoms with Gasteiger partial charge in [0.2, 0.25) is 6.29 Å². The maximum absolute atomic E-state index is 11.4. The van der Waals surface area contributed by atoms with Crippen LogP contribution in [0, 0.1) is 11.8 Å². The standard InChI is InChI=1S/C16H22O11/c17-3-8-10(19)11(20)12(21)15(26-8)27-14-9-6(1-2-16(9,24)5-18)7(4-25-14)13(22)23/h1-2,4,6,8-12,14-15,17-21,24H,3,5H2,(H,22,23)/t6-,8-,9-,10+,11+,12-,14+,15+,16-/m1/s1. The highest BCUT2D eigenvalue weighted by molar-refractivity contribution is 5.87. The van der Waals surface area contributed by atoms with Crippen LogP contribution in [-0.4, -0.2) is 97.5 Å². The molecule has 0 radical (unpaired) electrons. The third-order valence-corrected chi connectivity index (χ3v) is 5.15. The number of rotatable bonds is 5. The monoisotopic (exact) mass is 390 g/mol. The molecule has 1 saturated heterocycles. The SMILES string of the molecule is O=C(O)C1=CO[C@@H](O[C@@H]2O[C@H](CO)[C@H](O)[C@H](O)[C@H]2O)[C@H]2[C@@H]1C=C[C@@]2(O)CO. The van der Waals surface area contributed by atoms with E-state index in [1.807, 2.05) is 0 Å². The van der Waals surface area contributed by atoms with Gasteiger partial charge in [0, 0.05) is 5.92 Å². The number of aliphatic hydroxyl groups excluding tert-OH is 5. The van der Waals surface area contributed by atoms with Crippen LogP contribution >= 0.6 is 0 Å². The van der Waals surface area contributed by atoms with Gasteiger partial charge in [0.1, 0.15) is 30.0 Å². The van der Waals surface area contributed by atoms with Gasteiger partial charge in [-0.3, -0.25) is 0 Å². The van der Waals surface area contributed by atoms with Crippen molar-refractivity contribution in [2.45, 2.75) is 42.6 Å². The molecule has 152 valence electrons. The molecule has 0 spiro atoms. The van der Waals surface area contributed by atoms with Gasteiger partial charge in [0.15, 0.2) is 6.29 Å². The summed E-state index contributed by atoms with van der Waals surface area (Å²) < 4.78 is 16.0. The van der Waals surface area contributed by atoms with Crippen molar-refractivity contribution >= 4 is 5.97 Å². The quantitative estimate of drug-likeness (QED) is 0.233. The summed E-state index contributed by atoms with van der Waals surface area (Å²) in [7, 11) is 0. The van der Waals surface area contributed by atoms with Gasteiger partial charge in [0.25, 0.3) is 0 Å². The van der Waals surface area contributed by atoms with E-state index in [2.05, 4.69) is 0 Å². The Kier molecular flexibility index (Phi) is 5.57. The Balaban J connectivity index is 1.84. The fourth-order valence-electron chi connectivity index (χ4n) is 3.60. The van der Waals surface area contributed by atoms with E-state index >= 15 is 0 Å². The summed E-state index contributed by atoms with van der Waals surface area (Å²) in [5.41, 5.74) is -2.01. The lowest BCUT2D eigenvalue weighted by atomic mass is 9.79. The molecule has 0 bridgehead atoms. The van der Waals surface area contributed by atoms with Crippen molar-refractivity contribution in [2.24, 2.45) is 11.8 Å². The van der Waals surface area contributed by atoms with Gasteiger partial charge in [0.05, 0.1) is 31.0 Å². The van der Waals surface area contributed by atoms with Crippen molar-refractivity contribution in [1.29, 1.82) is 0 Å². The highest BCUT2D eigenvalue weighted by Crippen LogP contribution is 2.45. The lowest BCUT2D eigenvalue weighted by Crippen LogP contribution is -2.61. The number of hydrogen-bond donors (Lipinski definition) is 7. The largest absolute Gasteiger partial charge is 0.478 e. The molecule has 27 heavy (non-hydrogen) atoms. The van der Waals surface area contributed by atoms with Crippen LogP contribution in [0.2, 0.25) is 0 Å². The van der Waals surface area contributed by atoms with E-state index in [4.69, 9.17) is 14.2 Å². The smallest absolute Gasteiger partial charge is 0.335 e. The van der Waals surface area contributed by atoms with E-state index in [-0.39, 0.29) is 5.57 Å². The second-order valence-electron chi connectivity index (χ2n) is 6.78. The van der Waals surface area contributed by atoms with Crippen LogP contribution in [0.3, 0.4) is 0 Å². The van der Waals surface area contributed by atoms with E-state index in [1.165, 1.54) is 12.2 Å². The van der Waals surface area contributed by atoms with Gasteiger partial charge in [-0.05, 0) is 0 Å². The molecule has 3 aliphatic rings. The van der Waals surface area contributed by atoms with Crippen LogP contribution in [0.25, 0.3) is 0 Å². The first-order valence-electron chi connectivity index (χ1n) is 8.31. The molecule has 7 N–H and O–H groups in total. The minimum atomic E-state index is -1.85. The molecule has 0 aromatic rings. The van der Waals surface area contributed by atoms with Crippen molar-refractivity contribution in [3.63, 3.8) is 0 Å². The van der Waals surface area contributed by atoms with E-state index in [9.17, 15) is 40.5 Å². The third-order valence-electron chi connectivity index (χ3n) is 5.15. The highest BCUT2D eigenvalue weighted by atomic mass is 16.8. The number of carbonyl (C=O) groups is 1. The molecule has 3 rings (SSSR count). The van der Waals surface area contributed by atoms with E-state index in [0.29, 0.717) is 0 Å². The Morgan fingerprint density at radius 3 is 2.44 bits per heavy atom. The Morgan fingerprint density at radius 1 is 1.15 bits per heavy atom. The summed E-state index contributed by atoms with van der Waals surface area (Å²) in [5.74, 6) is -3.20. The van der Waals surface area contributed by atoms with Crippen molar-refractivity contribution < 1.29 is 54.8 Å². The molecule has 0 saturated carbocycles. The predicted molar refractivity (Wildman–Crippen MR) is 83.6 cm³/mol. The molecular weight excluding hydrogens is 368 g/mol. The zero-order valence-electron chi connectivity index (χ0n) is 14.0. The molecule has 11 nitrogen and oxygen atoms in total. The molecule has 1 fully saturated rings. The number of ether oxygens (including phenoxy) is 3. The van der Waals surface area contributed by atoms with E-state index in [1.54, 1.807) is 0 Å². The minimum Gasteiger partial charge on any atom is -0.478 e. The van der Waals surface area contributed by atoms with Crippen LogP contribution in [-0.2, 0) is 19.0 Å². The van der Waals surface area contributed by atoms with Gasteiger partial charge < -0.3 is 50.0 Å². The number of allylic oxidation sites excluding steroid dienone is 1. The second-order valence-corrected chi connectivity index (χ2v) is 6.78. The molecule has 2 aliphatic heterocycles. The molecule has 0 aromatic carbocycles. The van der Waals surface area contributed by atoms with E-state index < -0.39 is 73.6 Å². The Hall–Kier alpha value is -1.57. The third kappa shape index (κ3) is 3.37. The first-order valence-corrected chi connectivity index (χ1v) is 8.31. The van der Waals surface area contributed by atoms with Crippen molar-refractivity contribution in [1.82, 2.24) is 0 Å². The van der Waals surface area contributed by atoms with Crippen LogP contribution < -0.4 is 0 Å². The fraction of sp³-hybridized carbons (Fsp3) is 0.688. The summed E-state index contributed by atoms with van der Waals surface area (Å²) in [6, 6.07) is 0. The average molecular weight is 390 g/mol. The number of aliphatic hydroxyl groups is 6. The summed E-state index contributed by atoms with van der Waals surface area (Å²) >= 11 is 0. The minimum absolute atomic E-state index is 0.158. The molecule has 0 amide bonds. The number of carboxylic acid groups (broad SMARTS) is 1. The molecular formula is C16H22O11. The Labute approximate surface area is 153 Å². The van der Waals surface area contributed by atoms with Crippen LogP contribution in [0.1, 0.15) is 0 Å². The first-order chi connectivity index (χ1) is 12.7. The van der Waals surface area contributed by atoms with Gasteiger partial charge in [-0.1, -0.05) is 12.2 Å². The average Bonchev–Trinajstić information content (AvgIpc) is 3.01. The molecule has 0 aromatic heterocycles. The molecule has 0 unspecified atom stereocenters. The molecule has 2 heterocycles. The van der Waals surface area contributed by atoms with Gasteiger partial charge in [-0.25, -0.2) is 4.79 Å². The van der Waals surface area contributed by atoms with E-state index in [0.717, 1.165) is 6.26 Å². The number of fused-ring (bicyclic) bond motifs is 1. The molecule has 1 aliphatic carbocycles. The molecule has 11 heteroatoms. The Bertz CT molecular complexity index is 632. The zero-order valence-corrected chi connectivity index (χ0v) is 14.0. The zero-order chi connectivity index (χ0) is 19.9. The van der Waals surface area contributed by atoms with Crippen molar-refractivity contribution in [3.05, 3.63) is 24.0 Å². The van der Waals surface area contributed by atoms with Crippen LogP contribution in [0.15, 0.2) is 24.0 Å². The summed E-state index contributed by atoms with van der Waals surface area (Å²) in [4.78, 5) is 11.4. The normalized spacial score (nSPS) is 46.5. The number of hydrogen-bond acceptors (Lipinski definition) is 10. The number of carboxylic acids is 1. The maximum atomic E-state index is 11.4. The number of aliphatic carboxylic acids is 1. The van der Waals surface area contributed by atoms with Crippen molar-refractivity contribution in [2.75, 3.05) is 13.2 Å². The summed E-state index contributed by atoms with van der Waals surface area (Å²) in [5, 5.41) is 68.4. The summed E-state index contributed by atoms with van der Waals surface area (Å²) in [6.07, 6.45) is -5.48. The Morgan fingerprint density at radius 2 is 1.85 bits per heavy atom. The second kappa shape index (κ2) is 7.45. The van der Waals surface area contributed by atoms with Gasteiger partial charge >= 0.3 is 5.97 Å². The first kappa shape index (κ1) is 20.2. The fourth-order valence-corrected chi connectivity index (χ4v) is 3.60. The van der Waals surface area contributed by atoms with Gasteiger partial charge in [-0.2, -0.15) is 0 Å². The molecule has 9 atom stereocenters. The van der Waals surface area contributed by atoms with Crippen LogP contribution in [0.5, 0.6) is 0 Å². The maximum Gasteiger partial charge on any atom is 0.335 e. The lowest BCUT2D eigenvalue weighted by Gasteiger charge is -2.44.